The van der Waals surface area contributed by atoms with Gasteiger partial charge in [0.1, 0.15) is 43.2 Å². The largest absolute Gasteiger partial charge is 0.505 e. The van der Waals surface area contributed by atoms with Crippen LogP contribution in [0.5, 0.6) is 17.2 Å². The molecule has 0 unspecified atom stereocenters. The number of para-hydroxylation sites is 1. The Morgan fingerprint density at radius 3 is 1.73 bits per heavy atom. The quantitative estimate of drug-likeness (QED) is 0.0274. The number of anilines is 3. The van der Waals surface area contributed by atoms with Crippen LogP contribution in [0.15, 0.2) is 138 Å². The van der Waals surface area contributed by atoms with Crippen LogP contribution in [0.2, 0.25) is 0 Å². The molecule has 6 aromatic carbocycles. The molecule has 0 spiro atoms. The Morgan fingerprint density at radius 1 is 0.593 bits per heavy atom. The summed E-state index contributed by atoms with van der Waals surface area (Å²) in [5.74, 6) is -0.535. The van der Waals surface area contributed by atoms with Crippen LogP contribution in [-0.2, 0) is 30.4 Å². The van der Waals surface area contributed by atoms with Crippen LogP contribution in [0.3, 0.4) is 0 Å². The van der Waals surface area contributed by atoms with Crippen molar-refractivity contribution in [1.82, 2.24) is 0 Å². The molecule has 7 N–H and O–H groups in total. The summed E-state index contributed by atoms with van der Waals surface area (Å²) in [6.07, 6.45) is 2.40. The highest BCUT2D eigenvalue weighted by Gasteiger charge is 2.23. The van der Waals surface area contributed by atoms with Crippen LogP contribution in [0.4, 0.5) is 39.8 Å². The second kappa shape index (κ2) is 16.6. The molecule has 0 fully saturated rings. The number of hydrogen-bond donors (Lipinski definition) is 6. The van der Waals surface area contributed by atoms with Crippen molar-refractivity contribution in [1.29, 1.82) is 0 Å². The Balaban J connectivity index is 1.33. The van der Waals surface area contributed by atoms with Crippen molar-refractivity contribution in [2.75, 3.05) is 25.3 Å². The molecule has 0 bridgehead atoms. The number of nitrogens with zero attached hydrogens (tertiary/aromatic N) is 4. The maximum atomic E-state index is 12.5. The average Bonchev–Trinajstić information content (AvgIpc) is 3.18. The second-order valence-corrected chi connectivity index (χ2v) is 16.5. The Bertz CT molecular complexity index is 3050. The molecule has 0 amide bonds. The molecule has 21 heteroatoms. The number of methoxy groups -OCH3 is 2. The van der Waals surface area contributed by atoms with Crippen LogP contribution in [-0.4, -0.2) is 58.2 Å². The molecule has 0 aromatic heterocycles. The molecule has 0 heterocycles. The third-order valence-electron chi connectivity index (χ3n) is 8.44. The molecule has 0 atom stereocenters. The van der Waals surface area contributed by atoms with E-state index in [1.54, 1.807) is 18.2 Å². The fourth-order valence-corrected chi connectivity index (χ4v) is 7.77. The average molecular weight is 861 g/mol. The number of nitrogen functional groups attached to an aromatic ring is 1. The van der Waals surface area contributed by atoms with Crippen LogP contribution in [0.25, 0.3) is 22.9 Å². The van der Waals surface area contributed by atoms with E-state index in [0.29, 0.717) is 5.69 Å². The number of rotatable bonds is 13. The topological polar surface area (TPSA) is 289 Å². The number of phenolic OH excluding ortho intramolecular Hbond substituents is 1. The zero-order valence-corrected chi connectivity index (χ0v) is 33.1. The first-order valence-electron chi connectivity index (χ1n) is 16.7. The molecule has 18 nitrogen and oxygen atoms in total. The smallest absolute Gasteiger partial charge is 0.296 e. The number of nitrogens with one attached hydrogen (secondary N) is 1. The first kappa shape index (κ1) is 41.9. The number of hydrogen-bond acceptors (Lipinski definition) is 15. The highest BCUT2D eigenvalue weighted by atomic mass is 32.2. The molecule has 6 aromatic rings. The zero-order valence-electron chi connectivity index (χ0n) is 30.6. The summed E-state index contributed by atoms with van der Waals surface area (Å²) in [5, 5.41) is 31.1. The first-order chi connectivity index (χ1) is 27.8. The summed E-state index contributed by atoms with van der Waals surface area (Å²) in [6, 6.07) is 25.0. The Kier molecular flexibility index (Phi) is 11.8. The van der Waals surface area contributed by atoms with Gasteiger partial charge < -0.3 is 25.6 Å². The summed E-state index contributed by atoms with van der Waals surface area (Å²) in [7, 11) is -11.9. The maximum Gasteiger partial charge on any atom is 0.296 e. The third-order valence-corrected chi connectivity index (χ3v) is 11.1. The van der Waals surface area contributed by atoms with Crippen molar-refractivity contribution in [2.24, 2.45) is 20.5 Å². The maximum absolute atomic E-state index is 12.5. The minimum absolute atomic E-state index is 0.0138. The SMILES string of the molecule is COc1cc(N=Nc2c(S(=O)(=O)O)cc3cc(Nc4ccccc4)ccc3c2O)c(OC)cc1N=Nc1ccc(C=Cc2ccc(N)cc2S(=O)(=O)O)c(S(=O)(=O)O)c1. The molecule has 0 saturated heterocycles. The molecular weight excluding hydrogens is 829 g/mol. The van der Waals surface area contributed by atoms with Gasteiger partial charge in [-0.15, -0.1) is 15.3 Å². The first-order valence-corrected chi connectivity index (χ1v) is 21.0. The van der Waals surface area contributed by atoms with Crippen LogP contribution in [0.1, 0.15) is 11.1 Å². The van der Waals surface area contributed by atoms with E-state index in [2.05, 4.69) is 25.8 Å². The van der Waals surface area contributed by atoms with Crippen LogP contribution < -0.4 is 20.5 Å². The normalized spacial score (nSPS) is 12.5. The summed E-state index contributed by atoms with van der Waals surface area (Å²) in [4.78, 5) is -1.86. The second-order valence-electron chi connectivity index (χ2n) is 12.4. The van der Waals surface area contributed by atoms with Gasteiger partial charge in [0.05, 0.1) is 19.9 Å². The van der Waals surface area contributed by atoms with Gasteiger partial charge in [-0.3, -0.25) is 13.7 Å². The van der Waals surface area contributed by atoms with E-state index >= 15 is 0 Å². The van der Waals surface area contributed by atoms with Crippen LogP contribution >= 0.6 is 0 Å². The van der Waals surface area contributed by atoms with Gasteiger partial charge in [-0.2, -0.15) is 30.4 Å². The van der Waals surface area contributed by atoms with Crippen molar-refractivity contribution < 1.29 is 53.5 Å². The molecular formula is C38H32N6O12S3. The molecule has 0 aliphatic carbocycles. The highest BCUT2D eigenvalue weighted by molar-refractivity contribution is 7.86. The van der Waals surface area contributed by atoms with Gasteiger partial charge in [-0.1, -0.05) is 42.5 Å². The van der Waals surface area contributed by atoms with Crippen molar-refractivity contribution in [3.05, 3.63) is 114 Å². The minimum atomic E-state index is -4.94. The monoisotopic (exact) mass is 860 g/mol. The van der Waals surface area contributed by atoms with Gasteiger partial charge >= 0.3 is 0 Å². The van der Waals surface area contributed by atoms with Gasteiger partial charge in [-0.05, 0) is 77.2 Å². The standard InChI is InChI=1S/C38H32N6O12S3/c1-55-32-21-31(43-44-37-36(59(52,53)54)17-24-16-27(14-15-29(24)38(37)45)40-26-6-4-3-5-7-26)33(56-2)20-30(32)42-41-28-13-11-23(35(19-28)58(49,50)51)9-8-22-10-12-25(39)18-34(22)57(46,47)48/h3-21,40,45H,39H2,1-2H3,(H,46,47,48)(H,49,50,51)(H,52,53,54). The summed E-state index contributed by atoms with van der Waals surface area (Å²) < 4.78 is 114. The van der Waals surface area contributed by atoms with E-state index in [9.17, 15) is 44.0 Å². The number of aromatic hydroxyl groups is 1. The lowest BCUT2D eigenvalue weighted by atomic mass is 10.1. The predicted molar refractivity (Wildman–Crippen MR) is 219 cm³/mol. The lowest BCUT2D eigenvalue weighted by Gasteiger charge is -2.12. The number of fused-ring (bicyclic) bond motifs is 1. The fraction of sp³-hybridized carbons (Fsp3) is 0.0526. The molecule has 0 aliphatic rings. The van der Waals surface area contributed by atoms with Crippen molar-refractivity contribution in [3.8, 4) is 17.2 Å². The number of azo groups is 2. The summed E-state index contributed by atoms with van der Waals surface area (Å²) >= 11 is 0. The fourth-order valence-electron chi connectivity index (χ4n) is 5.69. The van der Waals surface area contributed by atoms with Crippen LogP contribution in [0, 0.1) is 0 Å². The van der Waals surface area contributed by atoms with Gasteiger partial charge in [0, 0.05) is 34.6 Å². The number of phenols is 1. The number of ether oxygens (including phenoxy) is 2. The van der Waals surface area contributed by atoms with E-state index in [1.807, 2.05) is 30.3 Å². The van der Waals surface area contributed by atoms with Gasteiger partial charge in [-0.25, -0.2) is 0 Å². The lowest BCUT2D eigenvalue weighted by Crippen LogP contribution is -2.02. The predicted octanol–water partition coefficient (Wildman–Crippen LogP) is 8.63. The molecule has 304 valence electrons. The van der Waals surface area contributed by atoms with E-state index in [1.165, 1.54) is 62.8 Å². The molecule has 59 heavy (non-hydrogen) atoms. The summed E-state index contributed by atoms with van der Waals surface area (Å²) in [5.41, 5.74) is 6.33. The van der Waals surface area contributed by atoms with Gasteiger partial charge in [0.15, 0.2) is 5.75 Å². The van der Waals surface area contributed by atoms with Crippen molar-refractivity contribution >= 4 is 93.1 Å². The molecule has 0 saturated carbocycles. The highest BCUT2D eigenvalue weighted by Crippen LogP contribution is 2.45. The Morgan fingerprint density at radius 2 is 1.15 bits per heavy atom. The summed E-state index contributed by atoms with van der Waals surface area (Å²) in [6.45, 7) is 0. The Labute approximate surface area is 337 Å². The molecule has 0 aliphatic heterocycles. The van der Waals surface area contributed by atoms with E-state index in [-0.39, 0.29) is 56.1 Å². The van der Waals surface area contributed by atoms with Gasteiger partial charge in [0.2, 0.25) is 0 Å². The number of nitrogens with two attached hydrogens (primary N) is 1. The van der Waals surface area contributed by atoms with Crippen molar-refractivity contribution in [3.63, 3.8) is 0 Å². The van der Waals surface area contributed by atoms with Gasteiger partial charge in [0.25, 0.3) is 30.4 Å². The molecule has 6 rings (SSSR count). The lowest BCUT2D eigenvalue weighted by molar-refractivity contribution is 0.405. The van der Waals surface area contributed by atoms with E-state index in [0.717, 1.165) is 23.9 Å². The number of benzene rings is 6. The minimum Gasteiger partial charge on any atom is -0.505 e. The van der Waals surface area contributed by atoms with E-state index < -0.39 is 56.5 Å². The third kappa shape index (κ3) is 9.69. The zero-order chi connectivity index (χ0) is 42.7. The van der Waals surface area contributed by atoms with Crippen molar-refractivity contribution in [2.45, 2.75) is 14.7 Å². The van der Waals surface area contributed by atoms with E-state index in [4.69, 9.17) is 15.2 Å². The Hall–Kier alpha value is -6.75. The molecule has 0 radical (unpaired) electrons.